The lowest BCUT2D eigenvalue weighted by Gasteiger charge is -2.36. The van der Waals surface area contributed by atoms with Crippen molar-refractivity contribution in [2.45, 2.75) is 65.2 Å². The molecule has 0 bridgehead atoms. The van der Waals surface area contributed by atoms with Crippen LogP contribution in [0.25, 0.3) is 0 Å². The normalized spacial score (nSPS) is 16.0. The first-order chi connectivity index (χ1) is 13.0. The zero-order valence-corrected chi connectivity index (χ0v) is 17.0. The predicted octanol–water partition coefficient (Wildman–Crippen LogP) is 5.85. The molecule has 1 aliphatic carbocycles. The van der Waals surface area contributed by atoms with Gasteiger partial charge in [-0.1, -0.05) is 49.1 Å². The summed E-state index contributed by atoms with van der Waals surface area (Å²) in [5.41, 5.74) is 4.91. The Hall–Kier alpha value is -2.29. The van der Waals surface area contributed by atoms with Crippen molar-refractivity contribution in [1.29, 1.82) is 0 Å². The van der Waals surface area contributed by atoms with Crippen molar-refractivity contribution < 1.29 is 9.53 Å². The maximum absolute atomic E-state index is 13.5. The van der Waals surface area contributed by atoms with E-state index < -0.39 is 5.41 Å². The van der Waals surface area contributed by atoms with E-state index in [0.29, 0.717) is 6.61 Å². The standard InChI is InChI=1S/C24H31NO2/c1-5-27-22-18(3)15-21(16-19(22)4)25-23(26)24(13-7-6-8-14-24)20-11-9-17(2)10-12-20/h9-12,15-16H,5-8,13-14H2,1-4H3,(H,25,26). The first kappa shape index (κ1) is 19.5. The van der Waals surface area contributed by atoms with E-state index in [-0.39, 0.29) is 5.91 Å². The van der Waals surface area contributed by atoms with Crippen molar-refractivity contribution in [2.24, 2.45) is 0 Å². The van der Waals surface area contributed by atoms with Crippen LogP contribution in [-0.4, -0.2) is 12.5 Å². The van der Waals surface area contributed by atoms with Gasteiger partial charge in [-0.2, -0.15) is 0 Å². The van der Waals surface area contributed by atoms with Crippen molar-refractivity contribution in [1.82, 2.24) is 0 Å². The van der Waals surface area contributed by atoms with Crippen molar-refractivity contribution in [3.63, 3.8) is 0 Å². The minimum Gasteiger partial charge on any atom is -0.493 e. The molecule has 1 N–H and O–H groups in total. The number of anilines is 1. The molecule has 0 aromatic heterocycles. The molecule has 144 valence electrons. The van der Waals surface area contributed by atoms with Crippen molar-refractivity contribution in [3.05, 3.63) is 58.7 Å². The van der Waals surface area contributed by atoms with Gasteiger partial charge in [0.25, 0.3) is 0 Å². The molecule has 0 atom stereocenters. The maximum atomic E-state index is 13.5. The van der Waals surface area contributed by atoms with Gasteiger partial charge in [0.15, 0.2) is 0 Å². The van der Waals surface area contributed by atoms with Crippen molar-refractivity contribution >= 4 is 11.6 Å². The van der Waals surface area contributed by atoms with Crippen LogP contribution in [0.5, 0.6) is 5.75 Å². The Labute approximate surface area is 163 Å². The summed E-state index contributed by atoms with van der Waals surface area (Å²) in [6.07, 6.45) is 5.24. The van der Waals surface area contributed by atoms with Crippen LogP contribution in [0.15, 0.2) is 36.4 Å². The molecule has 0 aliphatic heterocycles. The fraction of sp³-hybridized carbons (Fsp3) is 0.458. The number of rotatable bonds is 5. The van der Waals surface area contributed by atoms with Crippen molar-refractivity contribution in [3.8, 4) is 5.75 Å². The van der Waals surface area contributed by atoms with Crippen molar-refractivity contribution in [2.75, 3.05) is 11.9 Å². The van der Waals surface area contributed by atoms with Gasteiger partial charge in [-0.05, 0) is 69.4 Å². The van der Waals surface area contributed by atoms with E-state index in [0.717, 1.165) is 53.8 Å². The molecular weight excluding hydrogens is 334 g/mol. The molecule has 0 unspecified atom stereocenters. The molecule has 0 heterocycles. The maximum Gasteiger partial charge on any atom is 0.235 e. The highest BCUT2D eigenvalue weighted by Crippen LogP contribution is 2.41. The van der Waals surface area contributed by atoms with Crippen LogP contribution in [-0.2, 0) is 10.2 Å². The van der Waals surface area contributed by atoms with E-state index in [9.17, 15) is 4.79 Å². The number of carbonyl (C=O) groups excluding carboxylic acids is 1. The smallest absolute Gasteiger partial charge is 0.235 e. The average Bonchev–Trinajstić information content (AvgIpc) is 2.66. The zero-order chi connectivity index (χ0) is 19.4. The molecule has 3 rings (SSSR count). The van der Waals surface area contributed by atoms with Crippen LogP contribution in [0, 0.1) is 20.8 Å². The number of amides is 1. The molecule has 27 heavy (non-hydrogen) atoms. The second-order valence-corrected chi connectivity index (χ2v) is 7.84. The molecule has 3 heteroatoms. The highest BCUT2D eigenvalue weighted by molar-refractivity contribution is 5.99. The van der Waals surface area contributed by atoms with E-state index in [1.165, 1.54) is 12.0 Å². The van der Waals surface area contributed by atoms with Gasteiger partial charge in [0.2, 0.25) is 5.91 Å². The van der Waals surface area contributed by atoms with Gasteiger partial charge in [0, 0.05) is 5.69 Å². The third kappa shape index (κ3) is 4.02. The minimum absolute atomic E-state index is 0.119. The molecule has 1 fully saturated rings. The van der Waals surface area contributed by atoms with E-state index in [1.807, 2.05) is 32.9 Å². The van der Waals surface area contributed by atoms with E-state index in [2.05, 4.69) is 36.5 Å². The molecule has 2 aromatic rings. The van der Waals surface area contributed by atoms with Crippen LogP contribution in [0.2, 0.25) is 0 Å². The summed E-state index contributed by atoms with van der Waals surface area (Å²) in [6, 6.07) is 12.5. The average molecular weight is 366 g/mol. The fourth-order valence-corrected chi connectivity index (χ4v) is 4.32. The number of carbonyl (C=O) groups is 1. The van der Waals surface area contributed by atoms with E-state index >= 15 is 0 Å². The lowest BCUT2D eigenvalue weighted by molar-refractivity contribution is -0.122. The topological polar surface area (TPSA) is 38.3 Å². The Balaban J connectivity index is 1.90. The number of aryl methyl sites for hydroxylation is 3. The Morgan fingerprint density at radius 1 is 1.00 bits per heavy atom. The summed E-state index contributed by atoms with van der Waals surface area (Å²) < 4.78 is 5.73. The minimum atomic E-state index is -0.424. The predicted molar refractivity (Wildman–Crippen MR) is 112 cm³/mol. The van der Waals surface area contributed by atoms with Crippen LogP contribution < -0.4 is 10.1 Å². The monoisotopic (exact) mass is 365 g/mol. The largest absolute Gasteiger partial charge is 0.493 e. The molecule has 0 saturated heterocycles. The number of ether oxygens (including phenoxy) is 1. The van der Waals surface area contributed by atoms with Crippen LogP contribution in [0.3, 0.4) is 0 Å². The van der Waals surface area contributed by atoms with Gasteiger partial charge in [-0.25, -0.2) is 0 Å². The highest BCUT2D eigenvalue weighted by atomic mass is 16.5. The molecule has 1 amide bonds. The molecule has 3 nitrogen and oxygen atoms in total. The Morgan fingerprint density at radius 3 is 2.15 bits per heavy atom. The van der Waals surface area contributed by atoms with Gasteiger partial charge in [-0.15, -0.1) is 0 Å². The molecule has 2 aromatic carbocycles. The highest BCUT2D eigenvalue weighted by Gasteiger charge is 2.41. The van der Waals surface area contributed by atoms with Gasteiger partial charge in [0.05, 0.1) is 12.0 Å². The first-order valence-electron chi connectivity index (χ1n) is 10.1. The van der Waals surface area contributed by atoms with Crippen LogP contribution in [0.4, 0.5) is 5.69 Å². The second-order valence-electron chi connectivity index (χ2n) is 7.84. The van der Waals surface area contributed by atoms with Crippen LogP contribution >= 0.6 is 0 Å². The summed E-state index contributed by atoms with van der Waals surface area (Å²) >= 11 is 0. The lowest BCUT2D eigenvalue weighted by Crippen LogP contribution is -2.42. The van der Waals surface area contributed by atoms with Gasteiger partial charge in [-0.3, -0.25) is 4.79 Å². The molecule has 1 saturated carbocycles. The Bertz CT molecular complexity index is 779. The van der Waals surface area contributed by atoms with Gasteiger partial charge < -0.3 is 10.1 Å². The summed E-state index contributed by atoms with van der Waals surface area (Å²) in [6.45, 7) is 8.78. The van der Waals surface area contributed by atoms with E-state index in [1.54, 1.807) is 0 Å². The molecule has 1 aliphatic rings. The zero-order valence-electron chi connectivity index (χ0n) is 17.0. The third-order valence-electron chi connectivity index (χ3n) is 5.75. The lowest BCUT2D eigenvalue weighted by atomic mass is 9.68. The van der Waals surface area contributed by atoms with Gasteiger partial charge in [0.1, 0.15) is 5.75 Å². The molecular formula is C24H31NO2. The number of nitrogens with one attached hydrogen (secondary N) is 1. The van der Waals surface area contributed by atoms with Crippen LogP contribution in [0.1, 0.15) is 61.3 Å². The van der Waals surface area contributed by atoms with Gasteiger partial charge >= 0.3 is 0 Å². The fourth-order valence-electron chi connectivity index (χ4n) is 4.32. The molecule has 0 radical (unpaired) electrons. The summed E-state index contributed by atoms with van der Waals surface area (Å²) in [5.74, 6) is 1.04. The Morgan fingerprint density at radius 2 is 1.59 bits per heavy atom. The quantitative estimate of drug-likeness (QED) is 0.721. The summed E-state index contributed by atoms with van der Waals surface area (Å²) in [4.78, 5) is 13.5. The summed E-state index contributed by atoms with van der Waals surface area (Å²) in [5, 5.41) is 3.22. The Kier molecular flexibility index (Phi) is 5.88. The third-order valence-corrected chi connectivity index (χ3v) is 5.75. The number of hydrogen-bond acceptors (Lipinski definition) is 2. The van der Waals surface area contributed by atoms with E-state index in [4.69, 9.17) is 4.74 Å². The first-order valence-corrected chi connectivity index (χ1v) is 10.1. The second kappa shape index (κ2) is 8.16. The SMILES string of the molecule is CCOc1c(C)cc(NC(=O)C2(c3ccc(C)cc3)CCCCC2)cc1C. The summed E-state index contributed by atoms with van der Waals surface area (Å²) in [7, 11) is 0. The number of benzene rings is 2. The molecule has 0 spiro atoms. The number of hydrogen-bond donors (Lipinski definition) is 1.